The van der Waals surface area contributed by atoms with Gasteiger partial charge in [-0.1, -0.05) is 44.2 Å². The fourth-order valence-electron chi connectivity index (χ4n) is 2.80. The SMILES string of the molecule is CCOCCCN1C(=O)C(c2ccccc2)NC1C(C)C. The standard InChI is InChI=1S/C17H26N2O2/c1-4-21-12-8-11-19-16(13(2)3)18-15(17(19)20)14-9-6-5-7-10-14/h5-7,9-10,13,15-16,18H,4,8,11-12H2,1-3H3. The van der Waals surface area contributed by atoms with E-state index in [0.29, 0.717) is 12.5 Å². The van der Waals surface area contributed by atoms with Crippen LogP contribution in [0, 0.1) is 5.92 Å². The zero-order chi connectivity index (χ0) is 15.2. The Morgan fingerprint density at radius 3 is 2.62 bits per heavy atom. The van der Waals surface area contributed by atoms with E-state index >= 15 is 0 Å². The maximum Gasteiger partial charge on any atom is 0.245 e. The van der Waals surface area contributed by atoms with Gasteiger partial charge in [0.05, 0.1) is 6.17 Å². The van der Waals surface area contributed by atoms with E-state index in [1.54, 1.807) is 0 Å². The molecule has 2 rings (SSSR count). The average molecular weight is 290 g/mol. The van der Waals surface area contributed by atoms with Crippen LogP contribution in [0.5, 0.6) is 0 Å². The number of carbonyl (C=O) groups excluding carboxylic acids is 1. The topological polar surface area (TPSA) is 41.6 Å². The molecule has 1 aromatic rings. The van der Waals surface area contributed by atoms with Crippen molar-refractivity contribution in [2.24, 2.45) is 5.92 Å². The van der Waals surface area contributed by atoms with Gasteiger partial charge in [-0.25, -0.2) is 0 Å². The molecule has 1 N–H and O–H groups in total. The Morgan fingerprint density at radius 2 is 2.00 bits per heavy atom. The molecule has 1 aliphatic heterocycles. The first-order chi connectivity index (χ1) is 10.1. The largest absolute Gasteiger partial charge is 0.382 e. The van der Waals surface area contributed by atoms with Gasteiger partial charge in [-0.2, -0.15) is 0 Å². The van der Waals surface area contributed by atoms with E-state index in [1.807, 2.05) is 42.2 Å². The van der Waals surface area contributed by atoms with Crippen LogP contribution in [0.15, 0.2) is 30.3 Å². The van der Waals surface area contributed by atoms with Gasteiger partial charge < -0.3 is 9.64 Å². The number of ether oxygens (including phenoxy) is 1. The molecule has 1 aliphatic rings. The maximum absolute atomic E-state index is 12.7. The maximum atomic E-state index is 12.7. The first kappa shape index (κ1) is 16.0. The number of hydrogen-bond donors (Lipinski definition) is 1. The minimum atomic E-state index is -0.217. The smallest absolute Gasteiger partial charge is 0.245 e. The van der Waals surface area contributed by atoms with E-state index in [-0.39, 0.29) is 18.1 Å². The van der Waals surface area contributed by atoms with Gasteiger partial charge in [0.2, 0.25) is 5.91 Å². The fraction of sp³-hybridized carbons (Fsp3) is 0.588. The molecule has 0 saturated carbocycles. The molecule has 116 valence electrons. The lowest BCUT2D eigenvalue weighted by atomic mass is 10.1. The van der Waals surface area contributed by atoms with Gasteiger partial charge in [0.1, 0.15) is 6.04 Å². The normalized spacial score (nSPS) is 22.3. The average Bonchev–Trinajstić information content (AvgIpc) is 2.82. The molecule has 0 aromatic heterocycles. The molecule has 1 aromatic carbocycles. The molecule has 2 atom stereocenters. The zero-order valence-electron chi connectivity index (χ0n) is 13.2. The van der Waals surface area contributed by atoms with E-state index in [4.69, 9.17) is 4.74 Å². The summed E-state index contributed by atoms with van der Waals surface area (Å²) in [7, 11) is 0. The van der Waals surface area contributed by atoms with Gasteiger partial charge >= 0.3 is 0 Å². The van der Waals surface area contributed by atoms with Crippen LogP contribution in [0.25, 0.3) is 0 Å². The van der Waals surface area contributed by atoms with E-state index in [2.05, 4.69) is 19.2 Å². The molecular weight excluding hydrogens is 264 g/mol. The Balaban J connectivity index is 2.06. The van der Waals surface area contributed by atoms with Crippen molar-refractivity contribution in [1.82, 2.24) is 10.2 Å². The summed E-state index contributed by atoms with van der Waals surface area (Å²) in [6.07, 6.45) is 0.982. The molecule has 0 radical (unpaired) electrons. The predicted molar refractivity (Wildman–Crippen MR) is 83.8 cm³/mol. The lowest BCUT2D eigenvalue weighted by Crippen LogP contribution is -2.42. The Hall–Kier alpha value is -1.39. The Labute approximate surface area is 127 Å². The van der Waals surface area contributed by atoms with Crippen LogP contribution in [0.1, 0.15) is 38.8 Å². The van der Waals surface area contributed by atoms with Crippen molar-refractivity contribution in [3.8, 4) is 0 Å². The van der Waals surface area contributed by atoms with Crippen molar-refractivity contribution in [1.29, 1.82) is 0 Å². The molecular formula is C17H26N2O2. The summed E-state index contributed by atoms with van der Waals surface area (Å²) in [6, 6.07) is 9.74. The minimum absolute atomic E-state index is 0.101. The van der Waals surface area contributed by atoms with Crippen LogP contribution < -0.4 is 5.32 Å². The van der Waals surface area contributed by atoms with Crippen LogP contribution in [0.4, 0.5) is 0 Å². The van der Waals surface area contributed by atoms with Gasteiger partial charge in [0.15, 0.2) is 0 Å². The summed E-state index contributed by atoms with van der Waals surface area (Å²) >= 11 is 0. The van der Waals surface area contributed by atoms with Gasteiger partial charge in [-0.15, -0.1) is 0 Å². The molecule has 0 bridgehead atoms. The van der Waals surface area contributed by atoms with Crippen LogP contribution >= 0.6 is 0 Å². The predicted octanol–water partition coefficient (Wildman–Crippen LogP) is 2.57. The van der Waals surface area contributed by atoms with Gasteiger partial charge in [-0.3, -0.25) is 10.1 Å². The first-order valence-electron chi connectivity index (χ1n) is 7.84. The second-order valence-electron chi connectivity index (χ2n) is 5.78. The molecule has 2 unspecified atom stereocenters. The lowest BCUT2D eigenvalue weighted by Gasteiger charge is -2.27. The Bertz CT molecular complexity index is 447. The summed E-state index contributed by atoms with van der Waals surface area (Å²) in [5.41, 5.74) is 1.04. The number of hydrogen-bond acceptors (Lipinski definition) is 3. The monoisotopic (exact) mass is 290 g/mol. The summed E-state index contributed by atoms with van der Waals surface area (Å²) in [6.45, 7) is 8.47. The summed E-state index contributed by atoms with van der Waals surface area (Å²) in [5, 5.41) is 3.48. The van der Waals surface area contributed by atoms with Gasteiger partial charge in [-0.05, 0) is 24.8 Å². The minimum Gasteiger partial charge on any atom is -0.382 e. The van der Waals surface area contributed by atoms with Crippen LogP contribution in [-0.4, -0.2) is 36.7 Å². The van der Waals surface area contributed by atoms with Crippen LogP contribution in [-0.2, 0) is 9.53 Å². The third-order valence-electron chi connectivity index (χ3n) is 3.86. The number of amides is 1. The molecule has 4 nitrogen and oxygen atoms in total. The van der Waals surface area contributed by atoms with Crippen molar-refractivity contribution in [2.75, 3.05) is 19.8 Å². The van der Waals surface area contributed by atoms with Crippen LogP contribution in [0.3, 0.4) is 0 Å². The molecule has 1 saturated heterocycles. The number of benzene rings is 1. The van der Waals surface area contributed by atoms with E-state index in [9.17, 15) is 4.79 Å². The molecule has 0 aliphatic carbocycles. The highest BCUT2D eigenvalue weighted by molar-refractivity contribution is 5.85. The molecule has 4 heteroatoms. The number of rotatable bonds is 7. The van der Waals surface area contributed by atoms with E-state index in [0.717, 1.165) is 25.1 Å². The van der Waals surface area contributed by atoms with E-state index < -0.39 is 0 Å². The third-order valence-corrected chi connectivity index (χ3v) is 3.86. The highest BCUT2D eigenvalue weighted by Gasteiger charge is 2.40. The van der Waals surface area contributed by atoms with Crippen molar-refractivity contribution in [3.05, 3.63) is 35.9 Å². The number of carbonyl (C=O) groups is 1. The lowest BCUT2D eigenvalue weighted by molar-refractivity contribution is -0.130. The first-order valence-corrected chi connectivity index (χ1v) is 7.84. The third kappa shape index (κ3) is 3.83. The van der Waals surface area contributed by atoms with Crippen molar-refractivity contribution in [3.63, 3.8) is 0 Å². The molecule has 21 heavy (non-hydrogen) atoms. The van der Waals surface area contributed by atoms with Gasteiger partial charge in [0, 0.05) is 19.8 Å². The van der Waals surface area contributed by atoms with Crippen molar-refractivity contribution >= 4 is 5.91 Å². The van der Waals surface area contributed by atoms with Crippen molar-refractivity contribution < 1.29 is 9.53 Å². The summed E-state index contributed by atoms with van der Waals surface area (Å²) in [5.74, 6) is 0.561. The van der Waals surface area contributed by atoms with E-state index in [1.165, 1.54) is 0 Å². The second-order valence-corrected chi connectivity index (χ2v) is 5.78. The molecule has 1 amide bonds. The Kier molecular flexibility index (Phi) is 5.76. The Morgan fingerprint density at radius 1 is 1.29 bits per heavy atom. The number of nitrogens with zero attached hydrogens (tertiary/aromatic N) is 1. The summed E-state index contributed by atoms with van der Waals surface area (Å²) in [4.78, 5) is 14.7. The fourth-order valence-corrected chi connectivity index (χ4v) is 2.80. The highest BCUT2D eigenvalue weighted by Crippen LogP contribution is 2.27. The molecule has 1 heterocycles. The highest BCUT2D eigenvalue weighted by atomic mass is 16.5. The van der Waals surface area contributed by atoms with Gasteiger partial charge in [0.25, 0.3) is 0 Å². The van der Waals surface area contributed by atoms with Crippen molar-refractivity contribution in [2.45, 2.75) is 39.4 Å². The quantitative estimate of drug-likeness (QED) is 0.785. The molecule has 1 fully saturated rings. The summed E-state index contributed by atoms with van der Waals surface area (Å²) < 4.78 is 5.38. The second kappa shape index (κ2) is 7.57. The number of nitrogens with one attached hydrogen (secondary N) is 1. The van der Waals surface area contributed by atoms with Crippen LogP contribution in [0.2, 0.25) is 0 Å². The zero-order valence-corrected chi connectivity index (χ0v) is 13.2. The molecule has 0 spiro atoms.